The predicted octanol–water partition coefficient (Wildman–Crippen LogP) is 2.14. The standard InChI is InChI=1S/C15H23NO3S/c1-13(17)11-15-9-5-6-10-16(15)20(18,19)12-14-7-3-2-4-8-14/h2-4,7-8,13,15,17H,5-6,9-12H2,1H3. The number of hydrogen-bond acceptors (Lipinski definition) is 3. The summed E-state index contributed by atoms with van der Waals surface area (Å²) < 4.78 is 26.8. The van der Waals surface area contributed by atoms with E-state index in [1.807, 2.05) is 30.3 Å². The molecule has 0 aliphatic carbocycles. The Morgan fingerprint density at radius 1 is 1.30 bits per heavy atom. The Labute approximate surface area is 121 Å². The largest absolute Gasteiger partial charge is 0.393 e. The van der Waals surface area contributed by atoms with Crippen molar-refractivity contribution in [2.24, 2.45) is 0 Å². The molecular weight excluding hydrogens is 274 g/mol. The summed E-state index contributed by atoms with van der Waals surface area (Å²) in [5.41, 5.74) is 0.814. The summed E-state index contributed by atoms with van der Waals surface area (Å²) in [6, 6.07) is 9.21. The highest BCUT2D eigenvalue weighted by Crippen LogP contribution is 2.25. The first kappa shape index (κ1) is 15.5. The second kappa shape index (κ2) is 6.70. The summed E-state index contributed by atoms with van der Waals surface area (Å²) in [5.74, 6) is 0.0458. The normalized spacial score (nSPS) is 22.6. The van der Waals surface area contributed by atoms with Gasteiger partial charge in [-0.2, -0.15) is 4.31 Å². The lowest BCUT2D eigenvalue weighted by Gasteiger charge is -2.35. The minimum absolute atomic E-state index is 0.0458. The Kier molecular flexibility index (Phi) is 5.18. The molecule has 0 spiro atoms. The van der Waals surface area contributed by atoms with E-state index in [-0.39, 0.29) is 11.8 Å². The van der Waals surface area contributed by atoms with Crippen molar-refractivity contribution in [1.82, 2.24) is 4.31 Å². The fourth-order valence-corrected chi connectivity index (χ4v) is 4.67. The maximum Gasteiger partial charge on any atom is 0.218 e. The molecule has 1 heterocycles. The van der Waals surface area contributed by atoms with Gasteiger partial charge in [-0.15, -0.1) is 0 Å². The van der Waals surface area contributed by atoms with Crippen LogP contribution in [0.4, 0.5) is 0 Å². The van der Waals surface area contributed by atoms with E-state index in [1.54, 1.807) is 11.2 Å². The van der Waals surface area contributed by atoms with Crippen molar-refractivity contribution in [2.45, 2.75) is 50.5 Å². The minimum atomic E-state index is -3.31. The van der Waals surface area contributed by atoms with Crippen LogP contribution in [-0.4, -0.2) is 36.5 Å². The lowest BCUT2D eigenvalue weighted by atomic mass is 10.00. The molecule has 2 atom stereocenters. The van der Waals surface area contributed by atoms with Gasteiger partial charge in [0.2, 0.25) is 10.0 Å². The van der Waals surface area contributed by atoms with E-state index in [9.17, 15) is 13.5 Å². The van der Waals surface area contributed by atoms with Crippen LogP contribution < -0.4 is 0 Å². The second-order valence-corrected chi connectivity index (χ2v) is 7.51. The lowest BCUT2D eigenvalue weighted by Crippen LogP contribution is -2.45. The van der Waals surface area contributed by atoms with Gasteiger partial charge in [0, 0.05) is 12.6 Å². The van der Waals surface area contributed by atoms with Crippen LogP contribution in [0.1, 0.15) is 38.2 Å². The molecule has 0 saturated carbocycles. The van der Waals surface area contributed by atoms with Crippen molar-refractivity contribution < 1.29 is 13.5 Å². The van der Waals surface area contributed by atoms with Gasteiger partial charge in [0.25, 0.3) is 0 Å². The van der Waals surface area contributed by atoms with Crippen molar-refractivity contribution in [3.63, 3.8) is 0 Å². The molecule has 2 rings (SSSR count). The number of rotatable bonds is 5. The molecule has 0 bridgehead atoms. The van der Waals surface area contributed by atoms with Crippen LogP contribution in [0.25, 0.3) is 0 Å². The number of nitrogens with zero attached hydrogens (tertiary/aromatic N) is 1. The average Bonchev–Trinajstić information content (AvgIpc) is 2.39. The van der Waals surface area contributed by atoms with Crippen LogP contribution >= 0.6 is 0 Å². The van der Waals surface area contributed by atoms with Gasteiger partial charge in [-0.1, -0.05) is 36.8 Å². The summed E-state index contributed by atoms with van der Waals surface area (Å²) in [7, 11) is -3.31. The molecule has 0 amide bonds. The fraction of sp³-hybridized carbons (Fsp3) is 0.600. The Balaban J connectivity index is 2.13. The quantitative estimate of drug-likeness (QED) is 0.906. The topological polar surface area (TPSA) is 57.6 Å². The van der Waals surface area contributed by atoms with Crippen molar-refractivity contribution in [3.8, 4) is 0 Å². The third kappa shape index (κ3) is 4.04. The van der Waals surface area contributed by atoms with Gasteiger partial charge in [0.05, 0.1) is 11.9 Å². The zero-order valence-corrected chi connectivity index (χ0v) is 12.7. The van der Waals surface area contributed by atoms with E-state index < -0.39 is 16.1 Å². The predicted molar refractivity (Wildman–Crippen MR) is 79.7 cm³/mol. The van der Waals surface area contributed by atoms with Gasteiger partial charge in [-0.05, 0) is 31.7 Å². The number of piperidine rings is 1. The second-order valence-electron chi connectivity index (χ2n) is 5.59. The summed E-state index contributed by atoms with van der Waals surface area (Å²) >= 11 is 0. The van der Waals surface area contributed by atoms with Crippen molar-refractivity contribution in [1.29, 1.82) is 0 Å². The molecular formula is C15H23NO3S. The molecule has 1 N–H and O–H groups in total. The van der Waals surface area contributed by atoms with Gasteiger partial charge < -0.3 is 5.11 Å². The molecule has 1 aromatic rings. The fourth-order valence-electron chi connectivity index (χ4n) is 2.84. The van der Waals surface area contributed by atoms with Crippen molar-refractivity contribution in [3.05, 3.63) is 35.9 Å². The van der Waals surface area contributed by atoms with E-state index in [2.05, 4.69) is 0 Å². The highest BCUT2D eigenvalue weighted by atomic mass is 32.2. The summed E-state index contributed by atoms with van der Waals surface area (Å²) in [6.45, 7) is 2.29. The smallest absolute Gasteiger partial charge is 0.218 e. The highest BCUT2D eigenvalue weighted by molar-refractivity contribution is 7.88. The molecule has 1 fully saturated rings. The van der Waals surface area contributed by atoms with Gasteiger partial charge in [-0.3, -0.25) is 0 Å². The molecule has 1 aromatic carbocycles. The van der Waals surface area contributed by atoms with Gasteiger partial charge in [0.1, 0.15) is 0 Å². The van der Waals surface area contributed by atoms with Crippen molar-refractivity contribution >= 4 is 10.0 Å². The maximum absolute atomic E-state index is 12.6. The Bertz CT molecular complexity index is 513. The molecule has 2 unspecified atom stereocenters. The van der Waals surface area contributed by atoms with E-state index in [0.717, 1.165) is 24.8 Å². The first-order valence-electron chi connectivity index (χ1n) is 7.20. The van der Waals surface area contributed by atoms with Gasteiger partial charge in [-0.25, -0.2) is 8.42 Å². The average molecular weight is 297 g/mol. The molecule has 1 aliphatic rings. The van der Waals surface area contributed by atoms with Gasteiger partial charge in [0.15, 0.2) is 0 Å². The molecule has 112 valence electrons. The summed E-state index contributed by atoms with van der Waals surface area (Å²) in [5, 5.41) is 9.56. The first-order valence-corrected chi connectivity index (χ1v) is 8.81. The molecule has 0 aromatic heterocycles. The zero-order valence-electron chi connectivity index (χ0n) is 11.9. The summed E-state index contributed by atoms with van der Waals surface area (Å²) in [6.07, 6.45) is 2.85. The number of hydrogen-bond donors (Lipinski definition) is 1. The molecule has 0 radical (unpaired) electrons. The zero-order chi connectivity index (χ0) is 14.6. The minimum Gasteiger partial charge on any atom is -0.393 e. The highest BCUT2D eigenvalue weighted by Gasteiger charge is 2.32. The van der Waals surface area contributed by atoms with Crippen molar-refractivity contribution in [2.75, 3.05) is 6.54 Å². The van der Waals surface area contributed by atoms with Crippen LogP contribution in [0, 0.1) is 0 Å². The van der Waals surface area contributed by atoms with Crippen LogP contribution in [0.3, 0.4) is 0 Å². The molecule has 20 heavy (non-hydrogen) atoms. The third-order valence-electron chi connectivity index (χ3n) is 3.74. The molecule has 5 heteroatoms. The monoisotopic (exact) mass is 297 g/mol. The SMILES string of the molecule is CC(O)CC1CCCCN1S(=O)(=O)Cc1ccccc1. The third-order valence-corrected chi connectivity index (χ3v) is 5.63. The van der Waals surface area contributed by atoms with E-state index in [4.69, 9.17) is 0 Å². The maximum atomic E-state index is 12.6. The van der Waals surface area contributed by atoms with Crippen LogP contribution in [-0.2, 0) is 15.8 Å². The molecule has 1 aliphatic heterocycles. The molecule has 4 nitrogen and oxygen atoms in total. The van der Waals surface area contributed by atoms with E-state index in [1.165, 1.54) is 0 Å². The number of aliphatic hydroxyl groups is 1. The van der Waals surface area contributed by atoms with Crippen LogP contribution in [0.5, 0.6) is 0 Å². The van der Waals surface area contributed by atoms with Gasteiger partial charge >= 0.3 is 0 Å². The lowest BCUT2D eigenvalue weighted by molar-refractivity contribution is 0.131. The summed E-state index contributed by atoms with van der Waals surface area (Å²) in [4.78, 5) is 0. The Hall–Kier alpha value is -0.910. The molecule has 1 saturated heterocycles. The Morgan fingerprint density at radius 2 is 2.00 bits per heavy atom. The van der Waals surface area contributed by atoms with E-state index >= 15 is 0 Å². The Morgan fingerprint density at radius 3 is 2.65 bits per heavy atom. The number of sulfonamides is 1. The number of benzene rings is 1. The van der Waals surface area contributed by atoms with Crippen LogP contribution in [0.2, 0.25) is 0 Å². The number of aliphatic hydroxyl groups excluding tert-OH is 1. The van der Waals surface area contributed by atoms with Crippen LogP contribution in [0.15, 0.2) is 30.3 Å². The van der Waals surface area contributed by atoms with E-state index in [0.29, 0.717) is 13.0 Å². The first-order chi connectivity index (χ1) is 9.49.